The minimum Gasteiger partial charge on any atom is -0.470 e. The minimum absolute atomic E-state index is 0.0362. The first-order valence-corrected chi connectivity index (χ1v) is 10.3. The molecule has 7 nitrogen and oxygen atoms in total. The highest BCUT2D eigenvalue weighted by atomic mass is 19.4. The molecule has 0 saturated carbocycles. The van der Waals surface area contributed by atoms with Crippen molar-refractivity contribution in [3.8, 4) is 23.1 Å². The molecule has 0 bridgehead atoms. The number of benzene rings is 1. The van der Waals surface area contributed by atoms with E-state index >= 15 is 0 Å². The van der Waals surface area contributed by atoms with Crippen LogP contribution in [0.25, 0.3) is 5.69 Å². The van der Waals surface area contributed by atoms with Crippen LogP contribution in [0.5, 0.6) is 17.4 Å². The molecule has 178 valence electrons. The summed E-state index contributed by atoms with van der Waals surface area (Å²) < 4.78 is 82.6. The number of alkyl halides is 5. The summed E-state index contributed by atoms with van der Waals surface area (Å²) in [6.07, 6.45) is -7.28. The minimum atomic E-state index is -4.70. The Morgan fingerprint density at radius 2 is 1.88 bits per heavy atom. The average Bonchev–Trinajstić information content (AvgIpc) is 3.30. The molecule has 1 aromatic carbocycles. The summed E-state index contributed by atoms with van der Waals surface area (Å²) >= 11 is 0. The van der Waals surface area contributed by atoms with Crippen LogP contribution in [0.2, 0.25) is 0 Å². The van der Waals surface area contributed by atoms with Gasteiger partial charge in [0.15, 0.2) is 23.0 Å². The van der Waals surface area contributed by atoms with Gasteiger partial charge in [-0.1, -0.05) is 6.07 Å². The molecule has 2 aliphatic rings. The van der Waals surface area contributed by atoms with Crippen molar-refractivity contribution in [2.24, 2.45) is 0 Å². The lowest BCUT2D eigenvalue weighted by Gasteiger charge is -2.16. The first-order chi connectivity index (χ1) is 16.0. The highest BCUT2D eigenvalue weighted by Crippen LogP contribution is 2.42. The van der Waals surface area contributed by atoms with Crippen LogP contribution in [0.15, 0.2) is 36.5 Å². The third-order valence-electron chi connectivity index (χ3n) is 5.50. The van der Waals surface area contributed by atoms with E-state index in [1.807, 2.05) is 0 Å². The number of fused-ring (bicyclic) bond motifs is 2. The monoisotopic (exact) mass is 481 g/mol. The summed E-state index contributed by atoms with van der Waals surface area (Å²) in [6.45, 7) is 1.63. The van der Waals surface area contributed by atoms with Crippen LogP contribution in [0.4, 0.5) is 22.0 Å². The lowest BCUT2D eigenvalue weighted by atomic mass is 9.94. The number of rotatable bonds is 4. The lowest BCUT2D eigenvalue weighted by Crippen LogP contribution is -2.25. The zero-order chi connectivity index (χ0) is 24.3. The molecule has 3 heterocycles. The molecule has 34 heavy (non-hydrogen) atoms. The molecule has 0 radical (unpaired) electrons. The zero-order valence-electron chi connectivity index (χ0n) is 17.5. The summed E-state index contributed by atoms with van der Waals surface area (Å²) in [7, 11) is 0. The zero-order valence-corrected chi connectivity index (χ0v) is 17.5. The van der Waals surface area contributed by atoms with E-state index in [0.29, 0.717) is 12.0 Å². The van der Waals surface area contributed by atoms with Gasteiger partial charge in [0.2, 0.25) is 5.88 Å². The Morgan fingerprint density at radius 1 is 1.12 bits per heavy atom. The Bertz CT molecular complexity index is 1290. The van der Waals surface area contributed by atoms with E-state index in [1.165, 1.54) is 36.5 Å². The van der Waals surface area contributed by atoms with E-state index in [2.05, 4.69) is 19.6 Å². The molecular weight excluding hydrogens is 465 g/mol. The summed E-state index contributed by atoms with van der Waals surface area (Å²) in [5.41, 5.74) is -0.655. The molecule has 12 heteroatoms. The number of nitrogens with zero attached hydrogens (tertiary/aromatic N) is 3. The standard InChI is InChI=1S/C22H16F5N3O4/c1-11(12-5-6-16-17(9-12)34-22(26,27)33-16)32-18-10-13(7-8-28-18)30-19-14(3-2-4-15(19)31)20(29-30)21(23,24)25/h5-11H,2-4H2,1H3. The smallest absolute Gasteiger partial charge is 0.470 e. The van der Waals surface area contributed by atoms with Gasteiger partial charge >= 0.3 is 12.5 Å². The molecule has 1 aliphatic heterocycles. The van der Waals surface area contributed by atoms with Gasteiger partial charge in [0, 0.05) is 24.2 Å². The quantitative estimate of drug-likeness (QED) is 0.473. The van der Waals surface area contributed by atoms with Crippen molar-refractivity contribution in [1.29, 1.82) is 0 Å². The fourth-order valence-corrected chi connectivity index (χ4v) is 4.00. The molecule has 0 fully saturated rings. The lowest BCUT2D eigenvalue weighted by molar-refractivity contribution is -0.286. The number of hydrogen-bond donors (Lipinski definition) is 0. The van der Waals surface area contributed by atoms with Gasteiger partial charge in [0.1, 0.15) is 11.8 Å². The predicted molar refractivity (Wildman–Crippen MR) is 105 cm³/mol. The largest absolute Gasteiger partial charge is 0.586 e. The highest BCUT2D eigenvalue weighted by molar-refractivity contribution is 5.97. The van der Waals surface area contributed by atoms with Gasteiger partial charge in [-0.15, -0.1) is 8.78 Å². The molecule has 1 atom stereocenters. The van der Waals surface area contributed by atoms with Gasteiger partial charge < -0.3 is 14.2 Å². The average molecular weight is 481 g/mol. The van der Waals surface area contributed by atoms with E-state index in [0.717, 1.165) is 4.68 Å². The Hall–Kier alpha value is -3.70. The number of pyridine rings is 1. The van der Waals surface area contributed by atoms with Crippen LogP contribution in [0, 0.1) is 0 Å². The number of hydrogen-bond acceptors (Lipinski definition) is 6. The Labute approximate surface area is 189 Å². The van der Waals surface area contributed by atoms with Crippen LogP contribution in [-0.4, -0.2) is 26.8 Å². The molecule has 1 aliphatic carbocycles. The van der Waals surface area contributed by atoms with Gasteiger partial charge in [-0.3, -0.25) is 4.79 Å². The topological polar surface area (TPSA) is 75.5 Å². The SMILES string of the molecule is CC(Oc1cc(-n2nc(C(F)(F)F)c3c2C(=O)CCC3)ccn1)c1ccc2c(c1)OC(F)(F)O2. The van der Waals surface area contributed by atoms with Crippen molar-refractivity contribution < 1.29 is 41.0 Å². The number of carbonyl (C=O) groups is 1. The third kappa shape index (κ3) is 3.93. The Balaban J connectivity index is 1.44. The summed E-state index contributed by atoms with van der Waals surface area (Å²) in [6, 6.07) is 6.93. The van der Waals surface area contributed by atoms with Crippen molar-refractivity contribution in [3.05, 3.63) is 59.0 Å². The van der Waals surface area contributed by atoms with Crippen molar-refractivity contribution >= 4 is 5.78 Å². The molecule has 0 amide bonds. The number of Topliss-reactive ketones (excluding diaryl/α,β-unsaturated/α-hetero) is 1. The van der Waals surface area contributed by atoms with Crippen LogP contribution in [-0.2, 0) is 12.6 Å². The van der Waals surface area contributed by atoms with Crippen molar-refractivity contribution in [1.82, 2.24) is 14.8 Å². The maximum atomic E-state index is 13.5. The molecule has 0 spiro atoms. The fourth-order valence-electron chi connectivity index (χ4n) is 4.00. The predicted octanol–water partition coefficient (Wildman–Crippen LogP) is 5.27. The third-order valence-corrected chi connectivity index (χ3v) is 5.50. The number of aromatic nitrogens is 3. The summed E-state index contributed by atoms with van der Waals surface area (Å²) in [5.74, 6) is -0.654. The maximum absolute atomic E-state index is 13.5. The Kier molecular flexibility index (Phi) is 4.99. The van der Waals surface area contributed by atoms with Gasteiger partial charge in [-0.25, -0.2) is 9.67 Å². The highest BCUT2D eigenvalue weighted by Gasteiger charge is 2.44. The number of halogens is 5. The van der Waals surface area contributed by atoms with Crippen LogP contribution in [0.1, 0.15) is 53.2 Å². The number of ether oxygens (including phenoxy) is 3. The van der Waals surface area contributed by atoms with Gasteiger partial charge in [-0.05, 0) is 43.5 Å². The van der Waals surface area contributed by atoms with Gasteiger partial charge in [0.25, 0.3) is 0 Å². The van der Waals surface area contributed by atoms with E-state index in [4.69, 9.17) is 4.74 Å². The van der Waals surface area contributed by atoms with E-state index < -0.39 is 30.1 Å². The second-order valence-corrected chi connectivity index (χ2v) is 7.85. The summed E-state index contributed by atoms with van der Waals surface area (Å²) in [4.78, 5) is 16.5. The molecule has 2 aromatic heterocycles. The van der Waals surface area contributed by atoms with Crippen molar-refractivity contribution in [2.45, 2.75) is 44.8 Å². The molecule has 1 unspecified atom stereocenters. The molecule has 5 rings (SSSR count). The molecule has 0 saturated heterocycles. The van der Waals surface area contributed by atoms with Crippen LogP contribution >= 0.6 is 0 Å². The Morgan fingerprint density at radius 3 is 2.65 bits per heavy atom. The molecule has 3 aromatic rings. The first kappa shape index (κ1) is 22.1. The van der Waals surface area contributed by atoms with Crippen LogP contribution < -0.4 is 14.2 Å². The normalized spacial score (nSPS) is 17.4. The number of ketones is 1. The van der Waals surface area contributed by atoms with Gasteiger partial charge in [0.05, 0.1) is 5.69 Å². The van der Waals surface area contributed by atoms with E-state index in [9.17, 15) is 26.7 Å². The van der Waals surface area contributed by atoms with E-state index in [-0.39, 0.29) is 47.2 Å². The molecule has 0 N–H and O–H groups in total. The second kappa shape index (κ2) is 7.67. The first-order valence-electron chi connectivity index (χ1n) is 10.3. The second-order valence-electron chi connectivity index (χ2n) is 7.85. The maximum Gasteiger partial charge on any atom is 0.586 e. The molecular formula is C22H16F5N3O4. The van der Waals surface area contributed by atoms with E-state index in [1.54, 1.807) is 6.92 Å². The van der Waals surface area contributed by atoms with Crippen LogP contribution in [0.3, 0.4) is 0 Å². The van der Waals surface area contributed by atoms with Crippen molar-refractivity contribution in [2.75, 3.05) is 0 Å². The fraction of sp³-hybridized carbons (Fsp3) is 0.318. The number of carbonyl (C=O) groups excluding carboxylic acids is 1. The summed E-state index contributed by atoms with van der Waals surface area (Å²) in [5, 5.41) is 3.70. The van der Waals surface area contributed by atoms with Crippen molar-refractivity contribution in [3.63, 3.8) is 0 Å². The van der Waals surface area contributed by atoms with Gasteiger partial charge in [-0.2, -0.15) is 18.3 Å².